The fraction of sp³-hybridized carbons (Fsp3) is 0.200. The Labute approximate surface area is 211 Å². The Morgan fingerprint density at radius 1 is 0.833 bits per heavy atom. The van der Waals surface area contributed by atoms with Gasteiger partial charge in [0.05, 0.1) is 13.2 Å². The first kappa shape index (κ1) is 24.8. The summed E-state index contributed by atoms with van der Waals surface area (Å²) in [4.78, 5) is 24.9. The first-order valence-electron chi connectivity index (χ1n) is 12.1. The van der Waals surface area contributed by atoms with Crippen molar-refractivity contribution in [3.63, 3.8) is 0 Å². The second-order valence-corrected chi connectivity index (χ2v) is 8.29. The monoisotopic (exact) mass is 482 g/mol. The van der Waals surface area contributed by atoms with Gasteiger partial charge in [0.25, 0.3) is 5.91 Å². The quantitative estimate of drug-likeness (QED) is 0.232. The number of hydrogen-bond donors (Lipinski definition) is 1. The fourth-order valence-corrected chi connectivity index (χ4v) is 3.93. The van der Waals surface area contributed by atoms with Gasteiger partial charge in [0.1, 0.15) is 18.4 Å². The van der Waals surface area contributed by atoms with Crippen LogP contribution in [0.25, 0.3) is 11.1 Å². The molecule has 0 bridgehead atoms. The number of aromatic nitrogens is 1. The summed E-state index contributed by atoms with van der Waals surface area (Å²) in [5.74, 6) is 0.317. The normalized spacial score (nSPS) is 11.5. The van der Waals surface area contributed by atoms with Crippen molar-refractivity contribution in [1.82, 2.24) is 9.88 Å². The van der Waals surface area contributed by atoms with E-state index in [1.165, 1.54) is 0 Å². The highest BCUT2D eigenvalue weighted by Gasteiger charge is 2.21. The number of amides is 1. The molecule has 1 unspecified atom stereocenters. The summed E-state index contributed by atoms with van der Waals surface area (Å²) in [5.41, 5.74) is 3.80. The summed E-state index contributed by atoms with van der Waals surface area (Å²) in [6, 6.07) is 28.6. The maximum atomic E-state index is 12.4. The molecule has 4 rings (SSSR count). The summed E-state index contributed by atoms with van der Waals surface area (Å²) >= 11 is 0. The van der Waals surface area contributed by atoms with E-state index in [2.05, 4.69) is 5.32 Å². The van der Waals surface area contributed by atoms with E-state index in [0.717, 1.165) is 16.7 Å². The zero-order chi connectivity index (χ0) is 25.2. The molecule has 4 aromatic rings. The zero-order valence-corrected chi connectivity index (χ0v) is 20.3. The standard InChI is InChI=1S/C30H30N2O4/c1-2-35-30(34)28(32-19-6-7-20-32)22-23-10-16-27(17-11-23)36-21-18-31-29(33)26-14-12-25(13-15-26)24-8-4-3-5-9-24/h3-17,19-20,28H,2,18,21-22H2,1H3,(H,31,33). The molecule has 0 spiro atoms. The first-order valence-corrected chi connectivity index (χ1v) is 12.1. The summed E-state index contributed by atoms with van der Waals surface area (Å²) < 4.78 is 12.9. The number of carbonyl (C=O) groups is 2. The molecule has 0 aliphatic heterocycles. The predicted molar refractivity (Wildman–Crippen MR) is 140 cm³/mol. The molecule has 184 valence electrons. The van der Waals surface area contributed by atoms with Gasteiger partial charge in [-0.3, -0.25) is 4.79 Å². The number of nitrogens with zero attached hydrogens (tertiary/aromatic N) is 1. The van der Waals surface area contributed by atoms with Crippen LogP contribution in [0, 0.1) is 0 Å². The Kier molecular flexibility index (Phi) is 8.54. The van der Waals surface area contributed by atoms with Gasteiger partial charge in [-0.1, -0.05) is 54.6 Å². The molecule has 0 saturated heterocycles. The molecule has 1 aromatic heterocycles. The fourth-order valence-electron chi connectivity index (χ4n) is 3.93. The van der Waals surface area contributed by atoms with E-state index in [1.807, 2.05) is 108 Å². The Morgan fingerprint density at radius 2 is 1.50 bits per heavy atom. The predicted octanol–water partition coefficient (Wildman–Crippen LogP) is 5.31. The van der Waals surface area contributed by atoms with E-state index in [9.17, 15) is 9.59 Å². The second-order valence-electron chi connectivity index (χ2n) is 8.29. The number of esters is 1. The van der Waals surface area contributed by atoms with Crippen molar-refractivity contribution in [2.24, 2.45) is 0 Å². The van der Waals surface area contributed by atoms with Crippen molar-refractivity contribution < 1.29 is 19.1 Å². The third-order valence-corrected chi connectivity index (χ3v) is 5.81. The summed E-state index contributed by atoms with van der Waals surface area (Å²) in [6.07, 6.45) is 4.25. The topological polar surface area (TPSA) is 69.6 Å². The van der Waals surface area contributed by atoms with Crippen LogP contribution in [0.2, 0.25) is 0 Å². The van der Waals surface area contributed by atoms with E-state index < -0.39 is 6.04 Å². The molecular formula is C30H30N2O4. The highest BCUT2D eigenvalue weighted by molar-refractivity contribution is 5.94. The number of rotatable bonds is 11. The van der Waals surface area contributed by atoms with Crippen molar-refractivity contribution >= 4 is 11.9 Å². The molecular weight excluding hydrogens is 452 g/mol. The Hall–Kier alpha value is -4.32. The van der Waals surface area contributed by atoms with Crippen molar-refractivity contribution in [3.8, 4) is 16.9 Å². The van der Waals surface area contributed by atoms with Gasteiger partial charge in [-0.25, -0.2) is 4.79 Å². The SMILES string of the molecule is CCOC(=O)C(Cc1ccc(OCCNC(=O)c2ccc(-c3ccccc3)cc2)cc1)n1cccc1. The number of ether oxygens (including phenoxy) is 2. The molecule has 6 heteroatoms. The molecule has 0 aliphatic rings. The van der Waals surface area contributed by atoms with E-state index in [1.54, 1.807) is 6.92 Å². The van der Waals surface area contributed by atoms with Gasteiger partial charge in [0.15, 0.2) is 0 Å². The van der Waals surface area contributed by atoms with Crippen LogP contribution in [0.1, 0.15) is 28.9 Å². The largest absolute Gasteiger partial charge is 0.492 e. The molecule has 0 saturated carbocycles. The maximum absolute atomic E-state index is 12.4. The average molecular weight is 483 g/mol. The van der Waals surface area contributed by atoms with Crippen LogP contribution in [0.15, 0.2) is 103 Å². The lowest BCUT2D eigenvalue weighted by molar-refractivity contribution is -0.147. The van der Waals surface area contributed by atoms with Crippen molar-refractivity contribution in [2.45, 2.75) is 19.4 Å². The minimum Gasteiger partial charge on any atom is -0.492 e. The van der Waals surface area contributed by atoms with Crippen LogP contribution in [0.5, 0.6) is 5.75 Å². The number of nitrogens with one attached hydrogen (secondary N) is 1. The highest BCUT2D eigenvalue weighted by atomic mass is 16.5. The Morgan fingerprint density at radius 3 is 2.17 bits per heavy atom. The highest BCUT2D eigenvalue weighted by Crippen LogP contribution is 2.20. The minimum atomic E-state index is -0.413. The number of benzene rings is 3. The average Bonchev–Trinajstić information content (AvgIpc) is 3.46. The lowest BCUT2D eigenvalue weighted by Crippen LogP contribution is -2.28. The van der Waals surface area contributed by atoms with E-state index in [4.69, 9.17) is 9.47 Å². The summed E-state index contributed by atoms with van der Waals surface area (Å²) in [5, 5.41) is 2.89. The lowest BCUT2D eigenvalue weighted by Gasteiger charge is -2.17. The van der Waals surface area contributed by atoms with Gasteiger partial charge in [-0.15, -0.1) is 0 Å². The molecule has 0 radical (unpaired) electrons. The summed E-state index contributed by atoms with van der Waals surface area (Å²) in [7, 11) is 0. The molecule has 1 N–H and O–H groups in total. The maximum Gasteiger partial charge on any atom is 0.329 e. The lowest BCUT2D eigenvalue weighted by atomic mass is 10.0. The van der Waals surface area contributed by atoms with Gasteiger partial charge < -0.3 is 19.4 Å². The van der Waals surface area contributed by atoms with Crippen LogP contribution in [0.4, 0.5) is 0 Å². The zero-order valence-electron chi connectivity index (χ0n) is 20.3. The first-order chi connectivity index (χ1) is 17.6. The molecule has 1 amide bonds. The van der Waals surface area contributed by atoms with Crippen molar-refractivity contribution in [1.29, 1.82) is 0 Å². The number of carbonyl (C=O) groups excluding carboxylic acids is 2. The van der Waals surface area contributed by atoms with Gasteiger partial charge in [-0.2, -0.15) is 0 Å². The van der Waals surface area contributed by atoms with E-state index in [-0.39, 0.29) is 11.9 Å². The second kappa shape index (κ2) is 12.4. The van der Waals surface area contributed by atoms with Crippen LogP contribution < -0.4 is 10.1 Å². The third kappa shape index (κ3) is 6.63. The van der Waals surface area contributed by atoms with Gasteiger partial charge in [0, 0.05) is 24.4 Å². The van der Waals surface area contributed by atoms with Crippen LogP contribution in [-0.2, 0) is 16.0 Å². The third-order valence-electron chi connectivity index (χ3n) is 5.81. The molecule has 0 aliphatic carbocycles. The van der Waals surface area contributed by atoms with Crippen molar-refractivity contribution in [2.75, 3.05) is 19.8 Å². The Bertz CT molecular complexity index is 1230. The van der Waals surface area contributed by atoms with Gasteiger partial charge in [0.2, 0.25) is 0 Å². The van der Waals surface area contributed by atoms with Crippen LogP contribution in [0.3, 0.4) is 0 Å². The molecule has 1 atom stereocenters. The van der Waals surface area contributed by atoms with E-state index in [0.29, 0.717) is 37.5 Å². The Balaban J connectivity index is 1.24. The summed E-state index contributed by atoms with van der Waals surface area (Å²) in [6.45, 7) is 2.89. The molecule has 1 heterocycles. The van der Waals surface area contributed by atoms with Crippen LogP contribution >= 0.6 is 0 Å². The van der Waals surface area contributed by atoms with Crippen LogP contribution in [-0.4, -0.2) is 36.2 Å². The van der Waals surface area contributed by atoms with E-state index >= 15 is 0 Å². The van der Waals surface area contributed by atoms with Gasteiger partial charge in [-0.05, 0) is 60.0 Å². The molecule has 6 nitrogen and oxygen atoms in total. The van der Waals surface area contributed by atoms with Crippen molar-refractivity contribution in [3.05, 3.63) is 115 Å². The molecule has 3 aromatic carbocycles. The molecule has 0 fully saturated rings. The van der Waals surface area contributed by atoms with Gasteiger partial charge >= 0.3 is 5.97 Å². The number of hydrogen-bond acceptors (Lipinski definition) is 4. The molecule has 36 heavy (non-hydrogen) atoms. The smallest absolute Gasteiger partial charge is 0.329 e. The minimum absolute atomic E-state index is 0.136.